The van der Waals surface area contributed by atoms with Gasteiger partial charge in [-0.3, -0.25) is 4.79 Å². The minimum Gasteiger partial charge on any atom is -0.385 e. The number of nitrogens with one attached hydrogen (secondary N) is 2. The lowest BCUT2D eigenvalue weighted by Gasteiger charge is -2.19. The van der Waals surface area contributed by atoms with Crippen LogP contribution in [0.2, 0.25) is 0 Å². The molecule has 1 amide bonds. The molecule has 3 heteroatoms. The fourth-order valence-corrected chi connectivity index (χ4v) is 1.63. The van der Waals surface area contributed by atoms with Gasteiger partial charge in [0.25, 0.3) is 5.91 Å². The molecule has 1 aromatic rings. The Morgan fingerprint density at radius 3 is 2.50 bits per heavy atom. The molecule has 0 saturated heterocycles. The van der Waals surface area contributed by atoms with Gasteiger partial charge < -0.3 is 10.6 Å². The SMILES string of the molecule is CCNc1ccc(C)cc1C(=O)NCC(C)(C)C. The molecule has 0 aromatic heterocycles. The van der Waals surface area contributed by atoms with E-state index in [0.717, 1.165) is 23.4 Å². The number of hydrogen-bond donors (Lipinski definition) is 2. The Bertz CT molecular complexity index is 419. The quantitative estimate of drug-likeness (QED) is 0.859. The Kier molecular flexibility index (Phi) is 4.76. The van der Waals surface area contributed by atoms with Gasteiger partial charge in [-0.15, -0.1) is 0 Å². The summed E-state index contributed by atoms with van der Waals surface area (Å²) in [6, 6.07) is 5.90. The van der Waals surface area contributed by atoms with Gasteiger partial charge in [0, 0.05) is 18.8 Å². The van der Waals surface area contributed by atoms with Crippen LogP contribution in [0.1, 0.15) is 43.6 Å². The molecule has 18 heavy (non-hydrogen) atoms. The van der Waals surface area contributed by atoms with Gasteiger partial charge in [-0.05, 0) is 31.4 Å². The lowest BCUT2D eigenvalue weighted by molar-refractivity contribution is 0.0940. The summed E-state index contributed by atoms with van der Waals surface area (Å²) < 4.78 is 0. The van der Waals surface area contributed by atoms with Gasteiger partial charge in [-0.1, -0.05) is 32.4 Å². The van der Waals surface area contributed by atoms with Crippen LogP contribution < -0.4 is 10.6 Å². The lowest BCUT2D eigenvalue weighted by atomic mass is 9.97. The highest BCUT2D eigenvalue weighted by atomic mass is 16.1. The highest BCUT2D eigenvalue weighted by molar-refractivity contribution is 5.99. The van der Waals surface area contributed by atoms with E-state index in [1.807, 2.05) is 32.0 Å². The van der Waals surface area contributed by atoms with Gasteiger partial charge in [0.1, 0.15) is 0 Å². The topological polar surface area (TPSA) is 41.1 Å². The van der Waals surface area contributed by atoms with Crippen molar-refractivity contribution in [3.05, 3.63) is 29.3 Å². The molecule has 0 radical (unpaired) electrons. The summed E-state index contributed by atoms with van der Waals surface area (Å²) >= 11 is 0. The molecule has 0 unspecified atom stereocenters. The Hall–Kier alpha value is -1.51. The summed E-state index contributed by atoms with van der Waals surface area (Å²) in [5.74, 6) is -0.00965. The van der Waals surface area contributed by atoms with Crippen molar-refractivity contribution in [1.82, 2.24) is 5.32 Å². The van der Waals surface area contributed by atoms with Crippen LogP contribution in [0.5, 0.6) is 0 Å². The maximum Gasteiger partial charge on any atom is 0.253 e. The fraction of sp³-hybridized carbons (Fsp3) is 0.533. The van der Waals surface area contributed by atoms with Crippen LogP contribution in [-0.4, -0.2) is 19.0 Å². The molecule has 0 spiro atoms. The third kappa shape index (κ3) is 4.40. The van der Waals surface area contributed by atoms with Crippen molar-refractivity contribution in [3.8, 4) is 0 Å². The minimum absolute atomic E-state index is 0.00965. The number of carbonyl (C=O) groups is 1. The van der Waals surface area contributed by atoms with Crippen molar-refractivity contribution in [3.63, 3.8) is 0 Å². The number of hydrogen-bond acceptors (Lipinski definition) is 2. The first-order chi connectivity index (χ1) is 8.33. The van der Waals surface area contributed by atoms with Gasteiger partial charge in [-0.25, -0.2) is 0 Å². The highest BCUT2D eigenvalue weighted by Crippen LogP contribution is 2.18. The molecule has 0 aliphatic rings. The third-order valence-electron chi connectivity index (χ3n) is 2.57. The molecule has 3 nitrogen and oxygen atoms in total. The van der Waals surface area contributed by atoms with E-state index < -0.39 is 0 Å². The van der Waals surface area contributed by atoms with Crippen LogP contribution in [0, 0.1) is 12.3 Å². The first-order valence-electron chi connectivity index (χ1n) is 6.46. The van der Waals surface area contributed by atoms with Crippen molar-refractivity contribution < 1.29 is 4.79 Å². The Morgan fingerprint density at radius 2 is 1.94 bits per heavy atom. The molecule has 0 atom stereocenters. The van der Waals surface area contributed by atoms with Gasteiger partial charge >= 0.3 is 0 Å². The average molecular weight is 248 g/mol. The van der Waals surface area contributed by atoms with Crippen LogP contribution in [0.4, 0.5) is 5.69 Å². The summed E-state index contributed by atoms with van der Waals surface area (Å²) in [5, 5.41) is 6.21. The summed E-state index contributed by atoms with van der Waals surface area (Å²) in [6.45, 7) is 11.8. The summed E-state index contributed by atoms with van der Waals surface area (Å²) in [5.41, 5.74) is 2.81. The van der Waals surface area contributed by atoms with Gasteiger partial charge in [0.2, 0.25) is 0 Å². The number of anilines is 1. The Morgan fingerprint density at radius 1 is 1.28 bits per heavy atom. The van der Waals surface area contributed by atoms with Crippen molar-refractivity contribution in [2.45, 2.75) is 34.6 Å². The summed E-state index contributed by atoms with van der Waals surface area (Å²) in [6.07, 6.45) is 0. The summed E-state index contributed by atoms with van der Waals surface area (Å²) in [4.78, 5) is 12.2. The van der Waals surface area contributed by atoms with Gasteiger partial charge in [0.15, 0.2) is 0 Å². The Balaban J connectivity index is 2.86. The molecule has 0 saturated carbocycles. The van der Waals surface area contributed by atoms with Crippen molar-refractivity contribution >= 4 is 11.6 Å². The lowest BCUT2D eigenvalue weighted by Crippen LogP contribution is -2.32. The van der Waals surface area contributed by atoms with Crippen LogP contribution in [-0.2, 0) is 0 Å². The first kappa shape index (κ1) is 14.6. The van der Waals surface area contributed by atoms with E-state index in [2.05, 4.69) is 31.4 Å². The molecule has 2 N–H and O–H groups in total. The highest BCUT2D eigenvalue weighted by Gasteiger charge is 2.15. The number of carbonyl (C=O) groups excluding carboxylic acids is 1. The number of amides is 1. The molecular formula is C15H24N2O. The van der Waals surface area contributed by atoms with E-state index in [1.165, 1.54) is 0 Å². The van der Waals surface area contributed by atoms with E-state index in [4.69, 9.17) is 0 Å². The molecule has 0 aliphatic heterocycles. The van der Waals surface area contributed by atoms with Crippen molar-refractivity contribution in [2.75, 3.05) is 18.4 Å². The molecule has 0 heterocycles. The molecule has 0 aliphatic carbocycles. The van der Waals surface area contributed by atoms with Crippen LogP contribution in [0.15, 0.2) is 18.2 Å². The van der Waals surface area contributed by atoms with Gasteiger partial charge in [-0.2, -0.15) is 0 Å². The van der Waals surface area contributed by atoms with Crippen LogP contribution in [0.3, 0.4) is 0 Å². The second-order valence-electron chi connectivity index (χ2n) is 5.82. The smallest absolute Gasteiger partial charge is 0.253 e. The molecule has 100 valence electrons. The predicted molar refractivity (Wildman–Crippen MR) is 77.1 cm³/mol. The van der Waals surface area contributed by atoms with E-state index in [-0.39, 0.29) is 11.3 Å². The monoisotopic (exact) mass is 248 g/mol. The van der Waals surface area contributed by atoms with Crippen LogP contribution >= 0.6 is 0 Å². The zero-order valence-electron chi connectivity index (χ0n) is 12.1. The van der Waals surface area contributed by atoms with E-state index in [1.54, 1.807) is 0 Å². The maximum absolute atomic E-state index is 12.2. The average Bonchev–Trinajstić information content (AvgIpc) is 2.27. The standard InChI is InChI=1S/C15H24N2O/c1-6-16-13-8-7-11(2)9-12(13)14(18)17-10-15(3,4)5/h7-9,16H,6,10H2,1-5H3,(H,17,18). The Labute approximate surface area is 110 Å². The molecular weight excluding hydrogens is 224 g/mol. The summed E-state index contributed by atoms with van der Waals surface area (Å²) in [7, 11) is 0. The molecule has 0 fully saturated rings. The molecule has 1 rings (SSSR count). The number of aryl methyl sites for hydroxylation is 1. The van der Waals surface area contributed by atoms with E-state index >= 15 is 0 Å². The normalized spacial score (nSPS) is 11.2. The van der Waals surface area contributed by atoms with Gasteiger partial charge in [0.05, 0.1) is 5.56 Å². The van der Waals surface area contributed by atoms with Crippen molar-refractivity contribution in [1.29, 1.82) is 0 Å². The van der Waals surface area contributed by atoms with Crippen molar-refractivity contribution in [2.24, 2.45) is 5.41 Å². The zero-order chi connectivity index (χ0) is 13.8. The number of benzene rings is 1. The first-order valence-corrected chi connectivity index (χ1v) is 6.46. The molecule has 0 bridgehead atoms. The number of rotatable bonds is 4. The third-order valence-corrected chi connectivity index (χ3v) is 2.57. The van der Waals surface area contributed by atoms with Crippen LogP contribution in [0.25, 0.3) is 0 Å². The van der Waals surface area contributed by atoms with E-state index in [0.29, 0.717) is 6.54 Å². The fourth-order valence-electron chi connectivity index (χ4n) is 1.63. The zero-order valence-corrected chi connectivity index (χ0v) is 12.1. The van der Waals surface area contributed by atoms with E-state index in [9.17, 15) is 4.79 Å². The minimum atomic E-state index is -0.00965. The second kappa shape index (κ2) is 5.89. The molecule has 1 aromatic carbocycles. The predicted octanol–water partition coefficient (Wildman–Crippen LogP) is 3.20. The maximum atomic E-state index is 12.2. The largest absolute Gasteiger partial charge is 0.385 e. The second-order valence-corrected chi connectivity index (χ2v) is 5.82.